The molecule has 0 fully saturated rings. The highest BCUT2D eigenvalue weighted by atomic mass is 35.5. The van der Waals surface area contributed by atoms with Crippen molar-refractivity contribution in [1.82, 2.24) is 4.90 Å². The smallest absolute Gasteiger partial charge is 0.156 e. The third kappa shape index (κ3) is 2.20. The second kappa shape index (κ2) is 4.58. The third-order valence-electron chi connectivity index (χ3n) is 1.79. The van der Waals surface area contributed by atoms with Crippen molar-refractivity contribution in [2.75, 3.05) is 19.8 Å². The van der Waals surface area contributed by atoms with E-state index >= 15 is 0 Å². The van der Waals surface area contributed by atoms with E-state index in [4.69, 9.17) is 0 Å². The van der Waals surface area contributed by atoms with E-state index in [2.05, 4.69) is 31.1 Å². The zero-order valence-corrected chi connectivity index (χ0v) is 7.36. The first-order valence-corrected chi connectivity index (χ1v) is 3.63. The number of rotatable bonds is 2. The lowest BCUT2D eigenvalue weighted by molar-refractivity contribution is -0.846. The Morgan fingerprint density at radius 3 is 2.50 bits per heavy atom. The van der Waals surface area contributed by atoms with Crippen LogP contribution >= 0.6 is 0 Å². The highest BCUT2D eigenvalue weighted by Gasteiger charge is 2.11. The van der Waals surface area contributed by atoms with Gasteiger partial charge in [-0.3, -0.25) is 4.90 Å². The molecule has 2 nitrogen and oxygen atoms in total. The lowest BCUT2D eigenvalue weighted by Crippen LogP contribution is -3.06. The predicted octanol–water partition coefficient (Wildman–Crippen LogP) is -3.34. The van der Waals surface area contributed by atoms with Gasteiger partial charge in [-0.05, 0) is 13.8 Å². The second-order valence-electron chi connectivity index (χ2n) is 2.39. The monoisotopic (exact) mass is 162 g/mol. The van der Waals surface area contributed by atoms with Gasteiger partial charge in [0, 0.05) is 6.54 Å². The number of hydrogen-bond acceptors (Lipinski definition) is 1. The molecular formula is C7H15ClN2. The molecule has 1 N–H and O–H groups in total. The summed E-state index contributed by atoms with van der Waals surface area (Å²) >= 11 is 0. The first-order chi connectivity index (χ1) is 4.36. The number of nitrogens with zero attached hydrogens (tertiary/aromatic N) is 1. The zero-order chi connectivity index (χ0) is 6.69. The van der Waals surface area contributed by atoms with Crippen LogP contribution in [-0.4, -0.2) is 24.7 Å². The lowest BCUT2D eigenvalue weighted by Gasteiger charge is -2.12. The molecule has 1 rings (SSSR count). The summed E-state index contributed by atoms with van der Waals surface area (Å²) in [6, 6.07) is 0. The largest absolute Gasteiger partial charge is 1.00 e. The van der Waals surface area contributed by atoms with Crippen molar-refractivity contribution in [2.24, 2.45) is 0 Å². The minimum Gasteiger partial charge on any atom is -1.00 e. The number of nitrogens with one attached hydrogen (secondary N) is 1. The molecular weight excluding hydrogens is 148 g/mol. The van der Waals surface area contributed by atoms with Crippen molar-refractivity contribution < 1.29 is 17.3 Å². The van der Waals surface area contributed by atoms with Crippen LogP contribution in [0.5, 0.6) is 0 Å². The highest BCUT2D eigenvalue weighted by Crippen LogP contribution is 1.86. The molecule has 0 spiro atoms. The van der Waals surface area contributed by atoms with E-state index in [9.17, 15) is 0 Å². The average Bonchev–Trinajstić information content (AvgIpc) is 2.34. The van der Waals surface area contributed by atoms with Crippen molar-refractivity contribution in [1.29, 1.82) is 0 Å². The van der Waals surface area contributed by atoms with Gasteiger partial charge in [0.1, 0.15) is 6.20 Å². The Balaban J connectivity index is 0.000000810. The van der Waals surface area contributed by atoms with Gasteiger partial charge < -0.3 is 17.3 Å². The summed E-state index contributed by atoms with van der Waals surface area (Å²) < 4.78 is 0. The van der Waals surface area contributed by atoms with Crippen LogP contribution in [-0.2, 0) is 0 Å². The summed E-state index contributed by atoms with van der Waals surface area (Å²) in [7, 11) is 0. The van der Waals surface area contributed by atoms with Gasteiger partial charge in [0.15, 0.2) is 6.67 Å². The molecule has 0 aliphatic carbocycles. The molecule has 0 saturated carbocycles. The molecule has 0 radical (unpaired) electrons. The Morgan fingerprint density at radius 1 is 1.50 bits per heavy atom. The summed E-state index contributed by atoms with van der Waals surface area (Å²) in [4.78, 5) is 3.87. The molecule has 10 heavy (non-hydrogen) atoms. The molecule has 1 aliphatic rings. The van der Waals surface area contributed by atoms with Crippen LogP contribution in [0.2, 0.25) is 0 Å². The minimum atomic E-state index is 0. The summed E-state index contributed by atoms with van der Waals surface area (Å²) in [5.74, 6) is 0. The van der Waals surface area contributed by atoms with Gasteiger partial charge in [0.2, 0.25) is 0 Å². The van der Waals surface area contributed by atoms with Crippen LogP contribution < -0.4 is 17.3 Å². The van der Waals surface area contributed by atoms with Gasteiger partial charge in [-0.2, -0.15) is 0 Å². The molecule has 1 unspecified atom stereocenters. The standard InChI is InChI=1S/C7H14N2.ClH/c1-3-8-5-6-9(4-2)7-8;/h5-6H,3-4,7H2,1-2H3;1H. The maximum absolute atomic E-state index is 2.32. The molecule has 0 amide bonds. The highest BCUT2D eigenvalue weighted by molar-refractivity contribution is 4.76. The van der Waals surface area contributed by atoms with Crippen LogP contribution in [0.25, 0.3) is 0 Å². The summed E-state index contributed by atoms with van der Waals surface area (Å²) in [5, 5.41) is 0. The molecule has 1 heterocycles. The van der Waals surface area contributed by atoms with Crippen molar-refractivity contribution in [3.8, 4) is 0 Å². The normalized spacial score (nSPS) is 23.0. The lowest BCUT2D eigenvalue weighted by atomic mass is 10.6. The number of hydrogen-bond donors (Lipinski definition) is 1. The fraction of sp³-hybridized carbons (Fsp3) is 0.714. The molecule has 60 valence electrons. The van der Waals surface area contributed by atoms with Crippen LogP contribution in [0.4, 0.5) is 0 Å². The fourth-order valence-corrected chi connectivity index (χ4v) is 1.02. The van der Waals surface area contributed by atoms with Gasteiger partial charge >= 0.3 is 0 Å². The average molecular weight is 163 g/mol. The van der Waals surface area contributed by atoms with Crippen molar-refractivity contribution in [2.45, 2.75) is 13.8 Å². The quantitative estimate of drug-likeness (QED) is 0.446. The Labute approximate surface area is 68.9 Å². The number of halogens is 1. The Bertz CT molecular complexity index is 102. The van der Waals surface area contributed by atoms with Crippen LogP contribution in [0, 0.1) is 0 Å². The molecule has 0 aromatic heterocycles. The number of quaternary nitrogens is 1. The molecule has 1 atom stereocenters. The maximum Gasteiger partial charge on any atom is 0.156 e. The van der Waals surface area contributed by atoms with E-state index in [-0.39, 0.29) is 12.4 Å². The first-order valence-electron chi connectivity index (χ1n) is 3.63. The molecule has 0 aromatic carbocycles. The Morgan fingerprint density at radius 2 is 2.20 bits per heavy atom. The Hall–Kier alpha value is -0.210. The molecule has 0 bridgehead atoms. The van der Waals surface area contributed by atoms with E-state index in [1.807, 2.05) is 0 Å². The van der Waals surface area contributed by atoms with E-state index in [0.717, 1.165) is 13.2 Å². The predicted molar refractivity (Wildman–Crippen MR) is 37.9 cm³/mol. The van der Waals surface area contributed by atoms with Gasteiger partial charge in [0.25, 0.3) is 0 Å². The molecule has 0 aromatic rings. The van der Waals surface area contributed by atoms with E-state index in [1.165, 1.54) is 6.54 Å². The van der Waals surface area contributed by atoms with Crippen LogP contribution in [0.3, 0.4) is 0 Å². The topological polar surface area (TPSA) is 7.68 Å². The summed E-state index contributed by atoms with van der Waals surface area (Å²) in [6.45, 7) is 7.89. The van der Waals surface area contributed by atoms with Crippen LogP contribution in [0.15, 0.2) is 12.4 Å². The zero-order valence-electron chi connectivity index (χ0n) is 6.60. The van der Waals surface area contributed by atoms with E-state index in [0.29, 0.717) is 0 Å². The molecule has 1 aliphatic heterocycles. The minimum absolute atomic E-state index is 0. The van der Waals surface area contributed by atoms with E-state index < -0.39 is 0 Å². The molecule has 3 heteroatoms. The van der Waals surface area contributed by atoms with Gasteiger partial charge in [0.05, 0.1) is 12.7 Å². The Kier molecular flexibility index (Phi) is 4.49. The van der Waals surface area contributed by atoms with Gasteiger partial charge in [-0.1, -0.05) is 0 Å². The van der Waals surface area contributed by atoms with Gasteiger partial charge in [-0.15, -0.1) is 0 Å². The van der Waals surface area contributed by atoms with Crippen molar-refractivity contribution in [3.05, 3.63) is 12.4 Å². The third-order valence-corrected chi connectivity index (χ3v) is 1.79. The summed E-state index contributed by atoms with van der Waals surface area (Å²) in [6.07, 6.45) is 4.41. The van der Waals surface area contributed by atoms with Gasteiger partial charge in [-0.25, -0.2) is 0 Å². The van der Waals surface area contributed by atoms with Crippen molar-refractivity contribution in [3.63, 3.8) is 0 Å². The first kappa shape index (κ1) is 9.79. The summed E-state index contributed by atoms with van der Waals surface area (Å²) in [5.41, 5.74) is 0. The van der Waals surface area contributed by atoms with E-state index in [1.54, 1.807) is 4.90 Å². The SMILES string of the molecule is CCN1C=C[NH+](CC)C1.[Cl-]. The maximum atomic E-state index is 2.32. The van der Waals surface area contributed by atoms with Crippen LogP contribution in [0.1, 0.15) is 13.8 Å². The molecule has 0 saturated heterocycles. The second-order valence-corrected chi connectivity index (χ2v) is 2.39. The van der Waals surface area contributed by atoms with Crippen molar-refractivity contribution >= 4 is 0 Å². The fourth-order valence-electron chi connectivity index (χ4n) is 1.02.